The fourth-order valence-corrected chi connectivity index (χ4v) is 4.33. The van der Waals surface area contributed by atoms with E-state index in [9.17, 15) is 14.7 Å². The lowest BCUT2D eigenvalue weighted by Crippen LogP contribution is -2.38. The molecule has 1 N–H and O–H groups in total. The molecule has 1 atom stereocenters. The van der Waals surface area contributed by atoms with E-state index in [-0.39, 0.29) is 11.3 Å². The van der Waals surface area contributed by atoms with Gasteiger partial charge in [-0.2, -0.15) is 0 Å². The van der Waals surface area contributed by atoms with Crippen molar-refractivity contribution in [3.63, 3.8) is 0 Å². The first-order valence-corrected chi connectivity index (χ1v) is 11.1. The largest absolute Gasteiger partial charge is 0.503 e. The van der Waals surface area contributed by atoms with Gasteiger partial charge in [-0.1, -0.05) is 55.8 Å². The summed E-state index contributed by atoms with van der Waals surface area (Å²) in [5.41, 5.74) is 1.30. The van der Waals surface area contributed by atoms with Crippen LogP contribution in [-0.4, -0.2) is 52.8 Å². The Bertz CT molecular complexity index is 1180. The maximum Gasteiger partial charge on any atom is 0.290 e. The van der Waals surface area contributed by atoms with Crippen LogP contribution in [-0.2, 0) is 4.79 Å². The Balaban J connectivity index is 1.73. The number of halogens is 1. The summed E-state index contributed by atoms with van der Waals surface area (Å²) in [4.78, 5) is 30.3. The number of aliphatic hydroxyl groups excluding tert-OH is 1. The maximum atomic E-state index is 13.5. The molecule has 0 aliphatic carbocycles. The van der Waals surface area contributed by atoms with Gasteiger partial charge in [0, 0.05) is 23.5 Å². The number of fused-ring (bicyclic) bond motifs is 1. The Morgan fingerprint density at radius 2 is 1.84 bits per heavy atom. The first-order valence-electron chi connectivity index (χ1n) is 10.7. The zero-order valence-electron chi connectivity index (χ0n) is 18.0. The molecule has 1 aliphatic rings. The lowest BCUT2D eigenvalue weighted by Gasteiger charge is -2.29. The molecule has 1 aliphatic heterocycles. The van der Waals surface area contributed by atoms with E-state index in [0.717, 1.165) is 18.7 Å². The SMILES string of the molecule is CCN(CC)CCN1C(=O)C(O)=C(C(=O)c2cc3cc(Cl)ccc3o2)C1c1ccccc1. The van der Waals surface area contributed by atoms with Gasteiger partial charge < -0.3 is 19.3 Å². The van der Waals surface area contributed by atoms with Gasteiger partial charge in [-0.05, 0) is 42.9 Å². The molecule has 32 heavy (non-hydrogen) atoms. The molecule has 2 aromatic carbocycles. The number of benzene rings is 2. The van der Waals surface area contributed by atoms with Gasteiger partial charge >= 0.3 is 0 Å². The van der Waals surface area contributed by atoms with Crippen molar-refractivity contribution in [2.75, 3.05) is 26.2 Å². The molecule has 3 aromatic rings. The molecular formula is C25H25ClN2O4. The third kappa shape index (κ3) is 4.04. The highest BCUT2D eigenvalue weighted by atomic mass is 35.5. The fourth-order valence-electron chi connectivity index (χ4n) is 4.15. The van der Waals surface area contributed by atoms with Crippen molar-refractivity contribution in [2.24, 2.45) is 0 Å². The summed E-state index contributed by atoms with van der Waals surface area (Å²) in [6, 6.07) is 15.3. The van der Waals surface area contributed by atoms with E-state index in [1.807, 2.05) is 30.3 Å². The van der Waals surface area contributed by atoms with Gasteiger partial charge in [-0.3, -0.25) is 9.59 Å². The first kappa shape index (κ1) is 22.1. The second kappa shape index (κ2) is 9.18. The normalized spacial score (nSPS) is 16.6. The van der Waals surface area contributed by atoms with Crippen LogP contribution in [0.2, 0.25) is 5.02 Å². The minimum Gasteiger partial charge on any atom is -0.503 e. The van der Waals surface area contributed by atoms with Gasteiger partial charge in [0.1, 0.15) is 5.58 Å². The highest BCUT2D eigenvalue weighted by molar-refractivity contribution is 6.31. The summed E-state index contributed by atoms with van der Waals surface area (Å²) < 4.78 is 5.74. The van der Waals surface area contributed by atoms with Crippen LogP contribution in [0.25, 0.3) is 11.0 Å². The third-order valence-electron chi connectivity index (χ3n) is 5.92. The summed E-state index contributed by atoms with van der Waals surface area (Å²) in [6.07, 6.45) is 0. The van der Waals surface area contributed by atoms with E-state index in [1.54, 1.807) is 29.2 Å². The van der Waals surface area contributed by atoms with Gasteiger partial charge in [0.05, 0.1) is 11.6 Å². The van der Waals surface area contributed by atoms with Gasteiger partial charge in [0.25, 0.3) is 5.91 Å². The van der Waals surface area contributed by atoms with Gasteiger partial charge in [-0.25, -0.2) is 0 Å². The lowest BCUT2D eigenvalue weighted by atomic mass is 9.95. The van der Waals surface area contributed by atoms with Crippen LogP contribution in [0, 0.1) is 0 Å². The maximum absolute atomic E-state index is 13.5. The number of Topliss-reactive ketones (excluding diaryl/α,β-unsaturated/α-hetero) is 1. The molecule has 0 spiro atoms. The molecule has 0 fully saturated rings. The number of likely N-dealkylation sites (N-methyl/N-ethyl adjacent to an activating group) is 1. The van der Waals surface area contributed by atoms with E-state index in [2.05, 4.69) is 18.7 Å². The van der Waals surface area contributed by atoms with Crippen molar-refractivity contribution in [3.8, 4) is 0 Å². The molecule has 0 saturated carbocycles. The smallest absolute Gasteiger partial charge is 0.290 e. The van der Waals surface area contributed by atoms with E-state index in [1.165, 1.54) is 0 Å². The number of carbonyl (C=O) groups is 2. The Morgan fingerprint density at radius 1 is 1.12 bits per heavy atom. The summed E-state index contributed by atoms with van der Waals surface area (Å²) in [5, 5.41) is 12.0. The molecule has 1 aromatic heterocycles. The predicted molar refractivity (Wildman–Crippen MR) is 124 cm³/mol. The van der Waals surface area contributed by atoms with E-state index >= 15 is 0 Å². The molecule has 2 heterocycles. The molecule has 0 radical (unpaired) electrons. The van der Waals surface area contributed by atoms with Crippen LogP contribution in [0.5, 0.6) is 0 Å². The number of hydrogen-bond donors (Lipinski definition) is 1. The number of hydrogen-bond acceptors (Lipinski definition) is 5. The highest BCUT2D eigenvalue weighted by Gasteiger charge is 2.44. The average Bonchev–Trinajstić information content (AvgIpc) is 3.33. The molecular weight excluding hydrogens is 428 g/mol. The zero-order chi connectivity index (χ0) is 22.8. The zero-order valence-corrected chi connectivity index (χ0v) is 18.8. The van der Waals surface area contributed by atoms with Crippen molar-refractivity contribution in [3.05, 3.63) is 82.3 Å². The number of rotatable bonds is 8. The van der Waals surface area contributed by atoms with Crippen molar-refractivity contribution in [1.82, 2.24) is 9.80 Å². The molecule has 1 unspecified atom stereocenters. The average molecular weight is 453 g/mol. The number of amides is 1. The molecule has 7 heteroatoms. The van der Waals surface area contributed by atoms with Crippen LogP contribution in [0.3, 0.4) is 0 Å². The topological polar surface area (TPSA) is 74.0 Å². The first-order chi connectivity index (χ1) is 15.4. The summed E-state index contributed by atoms with van der Waals surface area (Å²) in [5.74, 6) is -1.53. The number of furan rings is 1. The van der Waals surface area contributed by atoms with Crippen LogP contribution in [0.1, 0.15) is 36.0 Å². The van der Waals surface area contributed by atoms with E-state index in [0.29, 0.717) is 29.1 Å². The summed E-state index contributed by atoms with van der Waals surface area (Å²) in [6.45, 7) is 6.84. The Hall–Kier alpha value is -3.09. The Morgan fingerprint density at radius 3 is 2.53 bits per heavy atom. The van der Waals surface area contributed by atoms with Crippen LogP contribution < -0.4 is 0 Å². The van der Waals surface area contributed by atoms with Crippen molar-refractivity contribution < 1.29 is 19.1 Å². The van der Waals surface area contributed by atoms with E-state index in [4.69, 9.17) is 16.0 Å². The predicted octanol–water partition coefficient (Wildman–Crippen LogP) is 5.01. The number of ketones is 1. The van der Waals surface area contributed by atoms with Crippen molar-refractivity contribution in [2.45, 2.75) is 19.9 Å². The fraction of sp³-hybridized carbons (Fsp3) is 0.280. The minimum absolute atomic E-state index is 0.0332. The second-order valence-corrected chi connectivity index (χ2v) is 8.16. The summed E-state index contributed by atoms with van der Waals surface area (Å²) >= 11 is 6.05. The highest BCUT2D eigenvalue weighted by Crippen LogP contribution is 2.39. The van der Waals surface area contributed by atoms with Crippen molar-refractivity contribution >= 4 is 34.3 Å². The number of nitrogens with zero attached hydrogens (tertiary/aromatic N) is 2. The molecule has 4 rings (SSSR count). The number of aliphatic hydroxyl groups is 1. The molecule has 1 amide bonds. The molecule has 166 valence electrons. The van der Waals surface area contributed by atoms with Gasteiger partial charge in [0.15, 0.2) is 11.5 Å². The van der Waals surface area contributed by atoms with E-state index < -0.39 is 23.5 Å². The van der Waals surface area contributed by atoms with Gasteiger partial charge in [0.2, 0.25) is 5.78 Å². The second-order valence-electron chi connectivity index (χ2n) is 7.72. The van der Waals surface area contributed by atoms with Crippen LogP contribution in [0.4, 0.5) is 0 Å². The Labute approximate surface area is 191 Å². The standard InChI is InChI=1S/C25H25ClN2O4/c1-3-27(4-2)12-13-28-22(16-8-6-5-7-9-16)21(24(30)25(28)31)23(29)20-15-17-14-18(26)10-11-19(17)32-20/h5-11,14-15,22,30H,3-4,12-13H2,1-2H3. The Kier molecular flexibility index (Phi) is 6.35. The third-order valence-corrected chi connectivity index (χ3v) is 6.15. The summed E-state index contributed by atoms with van der Waals surface area (Å²) in [7, 11) is 0. The van der Waals surface area contributed by atoms with Crippen molar-refractivity contribution in [1.29, 1.82) is 0 Å². The number of carbonyl (C=O) groups excluding carboxylic acids is 2. The van der Waals surface area contributed by atoms with Crippen LogP contribution in [0.15, 0.2) is 70.3 Å². The molecule has 0 saturated heterocycles. The lowest BCUT2D eigenvalue weighted by molar-refractivity contribution is -0.129. The monoisotopic (exact) mass is 452 g/mol. The molecule has 6 nitrogen and oxygen atoms in total. The van der Waals surface area contributed by atoms with Gasteiger partial charge in [-0.15, -0.1) is 0 Å². The minimum atomic E-state index is -0.691. The molecule has 0 bridgehead atoms. The van der Waals surface area contributed by atoms with Crippen LogP contribution >= 0.6 is 11.6 Å². The quantitative estimate of drug-likeness (QED) is 0.486.